The van der Waals surface area contributed by atoms with E-state index in [1.54, 1.807) is 0 Å². The molecule has 2 saturated carbocycles. The minimum atomic E-state index is -0.261. The number of aliphatic hydroxyl groups excluding tert-OH is 7. The monoisotopic (exact) mass is 1340 g/mol. The van der Waals surface area contributed by atoms with Crippen molar-refractivity contribution in [3.8, 4) is 0 Å². The van der Waals surface area contributed by atoms with Crippen LogP contribution in [0.25, 0.3) is 0 Å². The first-order valence-electron chi connectivity index (χ1n) is 36.6. The molecule has 0 amide bonds. The molecule has 0 bridgehead atoms. The summed E-state index contributed by atoms with van der Waals surface area (Å²) in [7, 11) is -0.261. The lowest BCUT2D eigenvalue weighted by Crippen LogP contribution is -2.43. The van der Waals surface area contributed by atoms with E-state index in [4.69, 9.17) is 0 Å². The molecule has 0 spiro atoms. The molecule has 86 heavy (non-hydrogen) atoms. The first-order valence-corrected chi connectivity index (χ1v) is 44.8. The van der Waals surface area contributed by atoms with Gasteiger partial charge in [-0.2, -0.15) is 70.6 Å². The molecule has 0 aliphatic heterocycles. The van der Waals surface area contributed by atoms with Gasteiger partial charge in [0.2, 0.25) is 0 Å². The average molecular weight is 1350 g/mol. The fraction of sp³-hybridized carbons (Fsp3) is 1.00. The Morgan fingerprint density at radius 1 is 0.384 bits per heavy atom. The minimum Gasteiger partial charge on any atom is -0.396 e. The van der Waals surface area contributed by atoms with Gasteiger partial charge in [0.1, 0.15) is 0 Å². The fourth-order valence-corrected chi connectivity index (χ4v) is 27.9. The van der Waals surface area contributed by atoms with Crippen LogP contribution in [-0.2, 0) is 0 Å². The van der Waals surface area contributed by atoms with Crippen molar-refractivity contribution in [1.29, 1.82) is 0 Å². The summed E-state index contributed by atoms with van der Waals surface area (Å²) in [5, 5.41) is 71.6. The standard InChI is InChI=1S/C72H144O7S7/c1-59(2)68(82-49-28-14-8-21-42-74)39-37-64(40-53-80-48-27-13-7-20-41-73)57-81-58-65(33-19-26-47-79)86(54-32-18-12-25-46-78)70-55-63(6)69(83-50-29-15-9-22-43-75)56-67(70)61(4)35-34-60(3)66-38-36-62(5)71(84-51-30-16-10-23-44-76)72(66)85-52-31-17-11-24-45-77/h59-79,86H,7-58H2,1-6H3. The van der Waals surface area contributed by atoms with Gasteiger partial charge >= 0.3 is 0 Å². The van der Waals surface area contributed by atoms with Crippen molar-refractivity contribution in [3.05, 3.63) is 0 Å². The molecule has 516 valence electrons. The summed E-state index contributed by atoms with van der Waals surface area (Å²) in [5.74, 6) is 17.2. The van der Waals surface area contributed by atoms with Gasteiger partial charge in [0.25, 0.3) is 0 Å². The Hall–Kier alpha value is 2.17. The van der Waals surface area contributed by atoms with E-state index in [2.05, 4.69) is 112 Å². The Morgan fingerprint density at radius 3 is 1.41 bits per heavy atom. The Bertz CT molecular complexity index is 1440. The number of thiol groups is 1. The smallest absolute Gasteiger partial charge is 0.0431 e. The second kappa shape index (κ2) is 58.5. The summed E-state index contributed by atoms with van der Waals surface area (Å²) in [6.07, 6.45) is 42.8. The van der Waals surface area contributed by atoms with E-state index >= 15 is 0 Å². The summed E-state index contributed by atoms with van der Waals surface area (Å²) in [6, 6.07) is 0. The van der Waals surface area contributed by atoms with E-state index in [1.165, 1.54) is 193 Å². The normalized spacial score (nSPS) is 23.4. The maximum Gasteiger partial charge on any atom is 0.0431 e. The van der Waals surface area contributed by atoms with E-state index < -0.39 is 0 Å². The van der Waals surface area contributed by atoms with Crippen LogP contribution in [0.15, 0.2) is 0 Å². The molecule has 2 fully saturated rings. The van der Waals surface area contributed by atoms with Crippen molar-refractivity contribution in [2.75, 3.05) is 98.0 Å². The van der Waals surface area contributed by atoms with Crippen molar-refractivity contribution in [2.24, 2.45) is 47.3 Å². The number of hydrogen-bond donors (Lipinski definition) is 8. The number of aliphatic hydroxyl groups is 7. The molecule has 0 saturated heterocycles. The summed E-state index contributed by atoms with van der Waals surface area (Å²) < 4.78 is 0. The maximum absolute atomic E-state index is 10.3. The zero-order chi connectivity index (χ0) is 62.7. The molecule has 7 nitrogen and oxygen atoms in total. The second-order valence-corrected chi connectivity index (χ2v) is 37.9. The van der Waals surface area contributed by atoms with Crippen molar-refractivity contribution < 1.29 is 35.7 Å². The molecular weight excluding hydrogens is 1200 g/mol. The van der Waals surface area contributed by atoms with Gasteiger partial charge in [-0.25, -0.2) is 10.9 Å². The van der Waals surface area contributed by atoms with Crippen LogP contribution >= 0.6 is 81.5 Å². The van der Waals surface area contributed by atoms with E-state index in [1.807, 2.05) is 0 Å². The van der Waals surface area contributed by atoms with Gasteiger partial charge in [-0.15, -0.1) is 0 Å². The molecule has 14 atom stereocenters. The fourth-order valence-electron chi connectivity index (χ4n) is 14.1. The summed E-state index contributed by atoms with van der Waals surface area (Å²) in [4.78, 5) is 0. The van der Waals surface area contributed by atoms with Crippen LogP contribution in [-0.4, -0.2) is 165 Å². The highest BCUT2D eigenvalue weighted by molar-refractivity contribution is 8.18. The summed E-state index contributed by atoms with van der Waals surface area (Å²) >= 11 is 13.7. The molecule has 2 rings (SSSR count). The number of unbranched alkanes of at least 4 members (excludes halogenated alkanes) is 19. The quantitative estimate of drug-likeness (QED) is 0.0217. The van der Waals surface area contributed by atoms with Crippen LogP contribution in [0.5, 0.6) is 0 Å². The third-order valence-corrected chi connectivity index (χ3v) is 32.9. The van der Waals surface area contributed by atoms with Crippen molar-refractivity contribution in [2.45, 2.75) is 304 Å². The predicted octanol–water partition coefficient (Wildman–Crippen LogP) is 18.7. The molecule has 7 N–H and O–H groups in total. The molecular formula is C72H144O7S7. The third kappa shape index (κ3) is 39.9. The van der Waals surface area contributed by atoms with Crippen LogP contribution in [0.1, 0.15) is 273 Å². The molecule has 14 heteroatoms. The van der Waals surface area contributed by atoms with Crippen LogP contribution in [0, 0.1) is 47.3 Å². The van der Waals surface area contributed by atoms with E-state index in [9.17, 15) is 35.7 Å². The van der Waals surface area contributed by atoms with Gasteiger partial charge in [0, 0.05) is 73.0 Å². The summed E-state index contributed by atoms with van der Waals surface area (Å²) in [5.41, 5.74) is 0. The molecule has 0 aromatic heterocycles. The van der Waals surface area contributed by atoms with Gasteiger partial charge < -0.3 is 35.7 Å². The van der Waals surface area contributed by atoms with Crippen molar-refractivity contribution >= 4 is 81.5 Å². The first-order chi connectivity index (χ1) is 42.0. The molecule has 0 aromatic carbocycles. The molecule has 14 unspecified atom stereocenters. The van der Waals surface area contributed by atoms with E-state index in [-0.39, 0.29) is 10.9 Å². The average Bonchev–Trinajstić information content (AvgIpc) is 1.58. The van der Waals surface area contributed by atoms with Gasteiger partial charge in [0.05, 0.1) is 0 Å². The van der Waals surface area contributed by atoms with E-state index in [0.29, 0.717) is 85.7 Å². The Balaban J connectivity index is 2.51. The lowest BCUT2D eigenvalue weighted by Gasteiger charge is -2.50. The maximum atomic E-state index is 10.3. The zero-order valence-corrected chi connectivity index (χ0v) is 62.7. The SMILES string of the molecule is CC(C)C(CCC(CCSCCCCCCO)CSCC(CCCCO)[SH](CCCCCCO)C1CC(C)C(SCCCCCCO)CC1C(C)CCC(C)C1CCC(C)C(SCCCCCCO)C1SCCCCCCO)SCCCCCCO. The number of rotatable bonds is 62. The summed E-state index contributed by atoms with van der Waals surface area (Å²) in [6.45, 7) is 17.7. The van der Waals surface area contributed by atoms with Gasteiger partial charge in [0.15, 0.2) is 0 Å². The largest absolute Gasteiger partial charge is 0.396 e. The molecule has 0 aromatic rings. The highest BCUT2D eigenvalue weighted by atomic mass is 32.2. The Kier molecular flexibility index (Phi) is 57.3. The van der Waals surface area contributed by atoms with Gasteiger partial charge in [-0.05, 0) is 239 Å². The number of hydrogen-bond acceptors (Lipinski definition) is 13. The number of thioether (sulfide) groups is 6. The lowest BCUT2D eigenvalue weighted by atomic mass is 9.71. The first kappa shape index (κ1) is 84.3. The predicted molar refractivity (Wildman–Crippen MR) is 399 cm³/mol. The zero-order valence-electron chi connectivity index (χ0n) is 56.9. The van der Waals surface area contributed by atoms with Crippen LogP contribution in [0.3, 0.4) is 0 Å². The highest BCUT2D eigenvalue weighted by Gasteiger charge is 2.44. The van der Waals surface area contributed by atoms with Crippen LogP contribution in [0.2, 0.25) is 0 Å². The van der Waals surface area contributed by atoms with Crippen molar-refractivity contribution in [1.82, 2.24) is 0 Å². The van der Waals surface area contributed by atoms with Crippen molar-refractivity contribution in [3.63, 3.8) is 0 Å². The topological polar surface area (TPSA) is 142 Å². The molecule has 2 aliphatic rings. The highest BCUT2D eigenvalue weighted by Crippen LogP contribution is 2.55. The minimum absolute atomic E-state index is 0.261. The van der Waals surface area contributed by atoms with Gasteiger partial charge in [-0.1, -0.05) is 138 Å². The Morgan fingerprint density at radius 2 is 0.860 bits per heavy atom. The van der Waals surface area contributed by atoms with E-state index in [0.717, 1.165) is 129 Å². The van der Waals surface area contributed by atoms with Gasteiger partial charge in [-0.3, -0.25) is 0 Å². The second-order valence-electron chi connectivity index (χ2n) is 27.5. The third-order valence-electron chi connectivity index (χ3n) is 19.8. The molecule has 2 aliphatic carbocycles. The van der Waals surface area contributed by atoms with Crippen LogP contribution < -0.4 is 0 Å². The lowest BCUT2D eigenvalue weighted by molar-refractivity contribution is 0.191. The van der Waals surface area contributed by atoms with Crippen LogP contribution in [0.4, 0.5) is 0 Å². The molecule has 0 heterocycles. The Labute approximate surface area is 562 Å². The molecule has 0 radical (unpaired) electrons.